The van der Waals surface area contributed by atoms with E-state index < -0.39 is 4.92 Å². The van der Waals surface area contributed by atoms with E-state index in [1.54, 1.807) is 0 Å². The number of hydrogen-bond donors (Lipinski definition) is 1. The molecule has 1 aromatic rings. The first-order valence-corrected chi connectivity index (χ1v) is 6.31. The van der Waals surface area contributed by atoms with Crippen LogP contribution in [0.15, 0.2) is 12.3 Å². The van der Waals surface area contributed by atoms with Crippen LogP contribution in [0.2, 0.25) is 0 Å². The maximum atomic E-state index is 11.1. The van der Waals surface area contributed by atoms with Gasteiger partial charge < -0.3 is 10.2 Å². The molecule has 1 heterocycles. The zero-order valence-electron chi connectivity index (χ0n) is 12.1. The summed E-state index contributed by atoms with van der Waals surface area (Å²) in [7, 11) is 3.87. The Hall–Kier alpha value is -2.20. The molecule has 1 unspecified atom stereocenters. The highest BCUT2D eigenvalue weighted by atomic mass is 16.6. The van der Waals surface area contributed by atoms with Gasteiger partial charge in [-0.3, -0.25) is 10.1 Å². The van der Waals surface area contributed by atoms with Crippen LogP contribution in [0.25, 0.3) is 0 Å². The molecule has 0 saturated heterocycles. The minimum atomic E-state index is -0.569. The minimum Gasteiger partial charge on any atom is -0.360 e. The van der Waals surface area contributed by atoms with Gasteiger partial charge in [0.25, 0.3) is 0 Å². The van der Waals surface area contributed by atoms with Crippen LogP contribution in [0.5, 0.6) is 0 Å². The molecule has 7 nitrogen and oxygen atoms in total. The molecular formula is C13H19N5O2. The Labute approximate surface area is 118 Å². The Balaban J connectivity index is 3.13. The summed E-state index contributed by atoms with van der Waals surface area (Å²) < 4.78 is 0. The average Bonchev–Trinajstić information content (AvgIpc) is 2.36. The summed E-state index contributed by atoms with van der Waals surface area (Å²) in [5.41, 5.74) is -0.251. The van der Waals surface area contributed by atoms with Crippen molar-refractivity contribution in [2.45, 2.75) is 19.9 Å². The molecule has 0 bridgehead atoms. The molecule has 0 saturated carbocycles. The van der Waals surface area contributed by atoms with Crippen LogP contribution in [-0.2, 0) is 0 Å². The van der Waals surface area contributed by atoms with E-state index in [9.17, 15) is 10.1 Å². The summed E-state index contributed by atoms with van der Waals surface area (Å²) in [5.74, 6) is 0.416. The van der Waals surface area contributed by atoms with Gasteiger partial charge in [-0.25, -0.2) is 4.98 Å². The second-order valence-electron chi connectivity index (χ2n) is 5.18. The maximum Gasteiger partial charge on any atom is 0.328 e. The average molecular weight is 277 g/mol. The SMILES string of the molecule is CC(C)C(CN(C)C)Nc1nccc(C#N)c1[N+](=O)[O-]. The van der Waals surface area contributed by atoms with Crippen LogP contribution in [0.4, 0.5) is 11.5 Å². The Kier molecular flexibility index (Phi) is 5.41. The second-order valence-corrected chi connectivity index (χ2v) is 5.18. The van der Waals surface area contributed by atoms with Gasteiger partial charge in [0.05, 0.1) is 4.92 Å². The van der Waals surface area contributed by atoms with E-state index in [4.69, 9.17) is 5.26 Å². The van der Waals surface area contributed by atoms with E-state index in [-0.39, 0.29) is 29.0 Å². The van der Waals surface area contributed by atoms with Gasteiger partial charge in [-0.15, -0.1) is 0 Å². The number of nitro groups is 1. The lowest BCUT2D eigenvalue weighted by Gasteiger charge is -2.25. The van der Waals surface area contributed by atoms with Crippen molar-refractivity contribution >= 4 is 11.5 Å². The fraction of sp³-hybridized carbons (Fsp3) is 0.538. The summed E-state index contributed by atoms with van der Waals surface area (Å²) >= 11 is 0. The summed E-state index contributed by atoms with van der Waals surface area (Å²) in [6, 6.07) is 3.18. The molecule has 0 spiro atoms. The van der Waals surface area contributed by atoms with E-state index in [2.05, 4.69) is 10.3 Å². The van der Waals surface area contributed by atoms with Gasteiger partial charge in [-0.1, -0.05) is 13.8 Å². The Morgan fingerprint density at radius 1 is 1.55 bits per heavy atom. The number of hydrogen-bond acceptors (Lipinski definition) is 6. The number of rotatable bonds is 6. The Morgan fingerprint density at radius 2 is 2.20 bits per heavy atom. The molecule has 0 amide bonds. The molecule has 0 aromatic carbocycles. The first kappa shape index (κ1) is 15.9. The number of nitriles is 1. The van der Waals surface area contributed by atoms with Crippen molar-refractivity contribution in [3.8, 4) is 6.07 Å². The van der Waals surface area contributed by atoms with Crippen molar-refractivity contribution in [2.24, 2.45) is 5.92 Å². The lowest BCUT2D eigenvalue weighted by Crippen LogP contribution is -2.36. The van der Waals surface area contributed by atoms with Gasteiger partial charge >= 0.3 is 5.69 Å². The number of anilines is 1. The van der Waals surface area contributed by atoms with Gasteiger partial charge in [0.2, 0.25) is 5.82 Å². The largest absolute Gasteiger partial charge is 0.360 e. The summed E-state index contributed by atoms with van der Waals surface area (Å²) in [6.45, 7) is 4.77. The van der Waals surface area contributed by atoms with E-state index in [0.29, 0.717) is 6.54 Å². The van der Waals surface area contributed by atoms with Crippen LogP contribution in [-0.4, -0.2) is 41.5 Å². The molecule has 108 valence electrons. The van der Waals surface area contributed by atoms with Gasteiger partial charge in [0, 0.05) is 18.8 Å². The fourth-order valence-electron chi connectivity index (χ4n) is 1.83. The molecule has 1 atom stereocenters. The first-order valence-electron chi connectivity index (χ1n) is 6.31. The summed E-state index contributed by atoms with van der Waals surface area (Å²) in [5, 5.41) is 23.2. The monoisotopic (exact) mass is 277 g/mol. The third-order valence-corrected chi connectivity index (χ3v) is 2.92. The first-order chi connectivity index (χ1) is 9.36. The van der Waals surface area contributed by atoms with Crippen molar-refractivity contribution in [2.75, 3.05) is 26.0 Å². The number of aromatic nitrogens is 1. The number of nitrogens with one attached hydrogen (secondary N) is 1. The zero-order valence-corrected chi connectivity index (χ0v) is 12.1. The van der Waals surface area contributed by atoms with E-state index in [1.165, 1.54) is 12.3 Å². The van der Waals surface area contributed by atoms with Gasteiger partial charge in [-0.2, -0.15) is 5.26 Å². The van der Waals surface area contributed by atoms with Crippen LogP contribution in [0, 0.1) is 27.4 Å². The van der Waals surface area contributed by atoms with Crippen molar-refractivity contribution in [3.05, 3.63) is 27.9 Å². The Morgan fingerprint density at radius 3 is 2.65 bits per heavy atom. The minimum absolute atomic E-state index is 0.00476. The number of nitrogens with zero attached hydrogens (tertiary/aromatic N) is 4. The van der Waals surface area contributed by atoms with Crippen molar-refractivity contribution in [3.63, 3.8) is 0 Å². The van der Waals surface area contributed by atoms with Crippen molar-refractivity contribution in [1.29, 1.82) is 5.26 Å². The predicted octanol–water partition coefficient (Wildman–Crippen LogP) is 1.86. The third kappa shape index (κ3) is 3.90. The molecule has 0 fully saturated rings. The lowest BCUT2D eigenvalue weighted by atomic mass is 10.0. The normalized spacial score (nSPS) is 12.2. The van der Waals surface area contributed by atoms with Gasteiger partial charge in [0.15, 0.2) is 0 Å². The van der Waals surface area contributed by atoms with E-state index in [0.717, 1.165) is 0 Å². The predicted molar refractivity (Wildman–Crippen MR) is 76.4 cm³/mol. The van der Waals surface area contributed by atoms with Gasteiger partial charge in [0.1, 0.15) is 11.6 Å². The highest BCUT2D eigenvalue weighted by Gasteiger charge is 2.24. The lowest BCUT2D eigenvalue weighted by molar-refractivity contribution is -0.384. The van der Waals surface area contributed by atoms with E-state index >= 15 is 0 Å². The Bertz CT molecular complexity index is 522. The van der Waals surface area contributed by atoms with Crippen LogP contribution in [0.3, 0.4) is 0 Å². The summed E-state index contributed by atoms with van der Waals surface area (Å²) in [6.07, 6.45) is 1.40. The standard InChI is InChI=1S/C13H19N5O2/c1-9(2)11(8-17(3)4)16-13-12(18(19)20)10(7-14)5-6-15-13/h5-6,9,11H,8H2,1-4H3,(H,15,16). The highest BCUT2D eigenvalue weighted by Crippen LogP contribution is 2.27. The molecule has 0 aliphatic heterocycles. The zero-order chi connectivity index (χ0) is 15.3. The third-order valence-electron chi connectivity index (χ3n) is 2.92. The number of likely N-dealkylation sites (N-methyl/N-ethyl adjacent to an activating group) is 1. The van der Waals surface area contributed by atoms with Crippen molar-refractivity contribution in [1.82, 2.24) is 9.88 Å². The van der Waals surface area contributed by atoms with Crippen LogP contribution >= 0.6 is 0 Å². The molecule has 1 N–H and O–H groups in total. The molecular weight excluding hydrogens is 258 g/mol. The maximum absolute atomic E-state index is 11.1. The molecule has 20 heavy (non-hydrogen) atoms. The topological polar surface area (TPSA) is 95.1 Å². The molecule has 1 rings (SSSR count). The quantitative estimate of drug-likeness (QED) is 0.630. The molecule has 1 aromatic heterocycles. The van der Waals surface area contributed by atoms with Crippen LogP contribution < -0.4 is 5.32 Å². The molecule has 0 radical (unpaired) electrons. The molecule has 0 aliphatic rings. The number of pyridine rings is 1. The van der Waals surface area contributed by atoms with E-state index in [1.807, 2.05) is 38.9 Å². The van der Waals surface area contributed by atoms with Crippen LogP contribution in [0.1, 0.15) is 19.4 Å². The molecule has 7 heteroatoms. The van der Waals surface area contributed by atoms with Crippen molar-refractivity contribution < 1.29 is 4.92 Å². The van der Waals surface area contributed by atoms with Gasteiger partial charge in [-0.05, 0) is 26.1 Å². The smallest absolute Gasteiger partial charge is 0.328 e. The summed E-state index contributed by atoms with van der Waals surface area (Å²) in [4.78, 5) is 16.6. The second kappa shape index (κ2) is 6.82. The highest BCUT2D eigenvalue weighted by molar-refractivity contribution is 5.64. The fourth-order valence-corrected chi connectivity index (χ4v) is 1.83. The molecule has 0 aliphatic carbocycles.